The molecule has 2 aliphatic heterocycles. The Morgan fingerprint density at radius 2 is 2.36 bits per heavy atom. The summed E-state index contributed by atoms with van der Waals surface area (Å²) < 4.78 is 0. The Balaban J connectivity index is 2.02. The number of alkyl halides is 1. The van der Waals surface area contributed by atoms with Gasteiger partial charge in [-0.1, -0.05) is 0 Å². The highest BCUT2D eigenvalue weighted by Gasteiger charge is 2.34. The van der Waals surface area contributed by atoms with Crippen molar-refractivity contribution in [2.75, 3.05) is 13.1 Å². The predicted molar refractivity (Wildman–Crippen MR) is 43.9 cm³/mol. The van der Waals surface area contributed by atoms with Crippen molar-refractivity contribution in [1.82, 2.24) is 4.90 Å². The van der Waals surface area contributed by atoms with Crippen LogP contribution in [-0.2, 0) is 4.79 Å². The van der Waals surface area contributed by atoms with E-state index in [4.69, 9.17) is 11.6 Å². The number of carbonyl (C=O) groups excluding carboxylic acids is 1. The van der Waals surface area contributed by atoms with E-state index >= 15 is 0 Å². The molecule has 11 heavy (non-hydrogen) atoms. The van der Waals surface area contributed by atoms with Gasteiger partial charge in [0.1, 0.15) is 5.78 Å². The van der Waals surface area contributed by atoms with Crippen LogP contribution >= 0.6 is 11.6 Å². The lowest BCUT2D eigenvalue weighted by molar-refractivity contribution is -0.122. The molecular formula is C8H12ClNO. The topological polar surface area (TPSA) is 20.3 Å². The fourth-order valence-corrected chi connectivity index (χ4v) is 2.42. The van der Waals surface area contributed by atoms with Crippen molar-refractivity contribution >= 4 is 17.4 Å². The minimum absolute atomic E-state index is 0.283. The van der Waals surface area contributed by atoms with Gasteiger partial charge in [-0.05, 0) is 6.42 Å². The zero-order valence-corrected chi connectivity index (χ0v) is 7.18. The molecule has 3 heteroatoms. The summed E-state index contributed by atoms with van der Waals surface area (Å²) in [7, 11) is 0. The zero-order chi connectivity index (χ0) is 7.84. The van der Waals surface area contributed by atoms with Gasteiger partial charge in [0.2, 0.25) is 0 Å². The first kappa shape index (κ1) is 7.56. The number of ketones is 1. The molecule has 0 aromatic heterocycles. The zero-order valence-electron chi connectivity index (χ0n) is 6.42. The number of halogens is 1. The second-order valence-corrected chi connectivity index (χ2v) is 4.09. The third-order valence-corrected chi connectivity index (χ3v) is 2.93. The molecule has 0 bridgehead atoms. The lowest BCUT2D eigenvalue weighted by Crippen LogP contribution is -2.38. The molecule has 0 N–H and O–H groups in total. The summed E-state index contributed by atoms with van der Waals surface area (Å²) in [6.45, 7) is 1.92. The highest BCUT2D eigenvalue weighted by Crippen LogP contribution is 2.27. The molecule has 0 unspecified atom stereocenters. The van der Waals surface area contributed by atoms with Crippen molar-refractivity contribution in [1.29, 1.82) is 0 Å². The quantitative estimate of drug-likeness (QED) is 0.510. The molecular weight excluding hydrogens is 162 g/mol. The van der Waals surface area contributed by atoms with Gasteiger partial charge in [0.25, 0.3) is 0 Å². The summed E-state index contributed by atoms with van der Waals surface area (Å²) in [6.07, 6.45) is 2.48. The molecule has 2 rings (SSSR count). The Labute approximate surface area is 71.5 Å². The molecule has 2 aliphatic rings. The number of Topliss-reactive ketones (excluding diaryl/α,β-unsaturated/α-hetero) is 1. The number of rotatable bonds is 0. The normalized spacial score (nSPS) is 39.2. The number of piperidine rings is 1. The summed E-state index contributed by atoms with van der Waals surface area (Å²) >= 11 is 5.98. The van der Waals surface area contributed by atoms with Crippen LogP contribution in [0.5, 0.6) is 0 Å². The maximum atomic E-state index is 11.0. The molecule has 0 amide bonds. The first-order valence-corrected chi connectivity index (χ1v) is 4.59. The third-order valence-electron chi connectivity index (χ3n) is 2.62. The van der Waals surface area contributed by atoms with E-state index in [1.807, 2.05) is 0 Å². The molecule has 0 radical (unpaired) electrons. The summed E-state index contributed by atoms with van der Waals surface area (Å²) in [6, 6.07) is 0.471. The molecule has 0 aromatic rings. The van der Waals surface area contributed by atoms with Gasteiger partial charge in [0.05, 0.1) is 0 Å². The van der Waals surface area contributed by atoms with E-state index < -0.39 is 0 Å². The molecule has 2 saturated heterocycles. The SMILES string of the molecule is O=C1CCN2C[C@@H](Cl)C[C@@H]2C1. The third kappa shape index (κ3) is 1.42. The molecule has 2 heterocycles. The van der Waals surface area contributed by atoms with Crippen LogP contribution in [0.2, 0.25) is 0 Å². The second-order valence-electron chi connectivity index (χ2n) is 3.47. The minimum Gasteiger partial charge on any atom is -0.300 e. The van der Waals surface area contributed by atoms with Gasteiger partial charge in [0, 0.05) is 37.4 Å². The maximum Gasteiger partial charge on any atom is 0.135 e. The van der Waals surface area contributed by atoms with E-state index in [0.29, 0.717) is 11.8 Å². The Hall–Kier alpha value is -0.0800. The highest BCUT2D eigenvalue weighted by molar-refractivity contribution is 6.21. The van der Waals surface area contributed by atoms with E-state index in [0.717, 1.165) is 32.4 Å². The number of fused-ring (bicyclic) bond motifs is 1. The number of hydrogen-bond donors (Lipinski definition) is 0. The van der Waals surface area contributed by atoms with Crippen molar-refractivity contribution in [2.24, 2.45) is 0 Å². The fourth-order valence-electron chi connectivity index (χ4n) is 2.04. The van der Waals surface area contributed by atoms with E-state index in [-0.39, 0.29) is 5.38 Å². The van der Waals surface area contributed by atoms with Crippen molar-refractivity contribution in [3.63, 3.8) is 0 Å². The standard InChI is InChI=1S/C8H12ClNO/c9-6-3-7-4-8(11)1-2-10(7)5-6/h6-7H,1-5H2/t6-,7+/m0/s1. The van der Waals surface area contributed by atoms with E-state index in [2.05, 4.69) is 4.90 Å². The van der Waals surface area contributed by atoms with Crippen LogP contribution in [0.3, 0.4) is 0 Å². The first-order valence-electron chi connectivity index (χ1n) is 4.15. The number of carbonyl (C=O) groups is 1. The van der Waals surface area contributed by atoms with E-state index in [9.17, 15) is 4.79 Å². The van der Waals surface area contributed by atoms with Gasteiger partial charge >= 0.3 is 0 Å². The van der Waals surface area contributed by atoms with Crippen LogP contribution < -0.4 is 0 Å². The summed E-state index contributed by atoms with van der Waals surface area (Å²) in [5, 5.41) is 0.283. The van der Waals surface area contributed by atoms with Gasteiger partial charge in [-0.15, -0.1) is 11.6 Å². The molecule has 0 aromatic carbocycles. The molecule has 0 saturated carbocycles. The lowest BCUT2D eigenvalue weighted by atomic mass is 10.0. The monoisotopic (exact) mass is 173 g/mol. The van der Waals surface area contributed by atoms with E-state index in [1.165, 1.54) is 0 Å². The highest BCUT2D eigenvalue weighted by atomic mass is 35.5. The first-order chi connectivity index (χ1) is 5.25. The molecule has 0 spiro atoms. The van der Waals surface area contributed by atoms with Crippen LogP contribution in [0.1, 0.15) is 19.3 Å². The van der Waals surface area contributed by atoms with Crippen LogP contribution in [0.4, 0.5) is 0 Å². The van der Waals surface area contributed by atoms with Gasteiger partial charge in [0.15, 0.2) is 0 Å². The van der Waals surface area contributed by atoms with Gasteiger partial charge in [-0.2, -0.15) is 0 Å². The van der Waals surface area contributed by atoms with E-state index in [1.54, 1.807) is 0 Å². The smallest absolute Gasteiger partial charge is 0.135 e. The molecule has 62 valence electrons. The van der Waals surface area contributed by atoms with Gasteiger partial charge in [-0.25, -0.2) is 0 Å². The maximum absolute atomic E-state index is 11.0. The van der Waals surface area contributed by atoms with Crippen LogP contribution in [0.15, 0.2) is 0 Å². The van der Waals surface area contributed by atoms with Crippen LogP contribution in [0, 0.1) is 0 Å². The molecule has 0 aliphatic carbocycles. The van der Waals surface area contributed by atoms with Crippen molar-refractivity contribution < 1.29 is 4.79 Å². The average molecular weight is 174 g/mol. The Kier molecular flexibility index (Phi) is 1.90. The fraction of sp³-hybridized carbons (Fsp3) is 0.875. The largest absolute Gasteiger partial charge is 0.300 e. The molecule has 2 fully saturated rings. The summed E-state index contributed by atoms with van der Waals surface area (Å²) in [4.78, 5) is 13.4. The molecule has 2 atom stereocenters. The second kappa shape index (κ2) is 2.76. The summed E-state index contributed by atoms with van der Waals surface area (Å²) in [5.74, 6) is 0.414. The number of hydrogen-bond acceptors (Lipinski definition) is 2. The van der Waals surface area contributed by atoms with Crippen molar-refractivity contribution in [3.05, 3.63) is 0 Å². The molecule has 2 nitrogen and oxygen atoms in total. The summed E-state index contributed by atoms with van der Waals surface area (Å²) in [5.41, 5.74) is 0. The minimum atomic E-state index is 0.283. The Morgan fingerprint density at radius 1 is 1.55 bits per heavy atom. The Morgan fingerprint density at radius 3 is 3.18 bits per heavy atom. The van der Waals surface area contributed by atoms with Crippen molar-refractivity contribution in [3.8, 4) is 0 Å². The van der Waals surface area contributed by atoms with Crippen LogP contribution in [-0.4, -0.2) is 35.2 Å². The average Bonchev–Trinajstić information content (AvgIpc) is 2.27. The number of nitrogens with zero attached hydrogens (tertiary/aromatic N) is 1. The predicted octanol–water partition coefficient (Wildman–Crippen LogP) is 1.03. The van der Waals surface area contributed by atoms with Gasteiger partial charge < -0.3 is 0 Å². The van der Waals surface area contributed by atoms with Gasteiger partial charge in [-0.3, -0.25) is 9.69 Å². The van der Waals surface area contributed by atoms with Crippen molar-refractivity contribution in [2.45, 2.75) is 30.7 Å². The Bertz CT molecular complexity index is 183. The van der Waals surface area contributed by atoms with Crippen LogP contribution in [0.25, 0.3) is 0 Å². The lowest BCUT2D eigenvalue weighted by Gasteiger charge is -2.27.